The number of rotatable bonds is 12. The van der Waals surface area contributed by atoms with Crippen LogP contribution in [0.4, 0.5) is 0 Å². The first-order valence-corrected chi connectivity index (χ1v) is 12.7. The maximum Gasteiger partial charge on any atom is 0.125 e. The molecule has 0 spiro atoms. The van der Waals surface area contributed by atoms with Gasteiger partial charge in [-0.15, -0.1) is 0 Å². The van der Waals surface area contributed by atoms with Gasteiger partial charge in [-0.3, -0.25) is 0 Å². The molecule has 0 amide bonds. The van der Waals surface area contributed by atoms with Gasteiger partial charge in [0.1, 0.15) is 25.2 Å². The molecule has 0 atom stereocenters. The quantitative estimate of drug-likeness (QED) is 0.186. The van der Waals surface area contributed by atoms with E-state index in [0.29, 0.717) is 25.0 Å². The Morgan fingerprint density at radius 3 is 2.17 bits per heavy atom. The lowest BCUT2D eigenvalue weighted by molar-refractivity contribution is 0.0618. The average molecular weight is 480 g/mol. The number of aryl methyl sites for hydroxylation is 2. The van der Waals surface area contributed by atoms with E-state index >= 15 is 0 Å². The van der Waals surface area contributed by atoms with Crippen LogP contribution in [0.15, 0.2) is 53.7 Å². The van der Waals surface area contributed by atoms with E-state index in [9.17, 15) is 0 Å². The molecule has 0 aromatic heterocycles. The van der Waals surface area contributed by atoms with Crippen molar-refractivity contribution < 1.29 is 19.0 Å². The van der Waals surface area contributed by atoms with Gasteiger partial charge >= 0.3 is 0 Å². The Bertz CT molecular complexity index is 949. The van der Waals surface area contributed by atoms with Crippen LogP contribution in [0, 0.1) is 25.7 Å². The molecule has 3 rings (SSSR count). The van der Waals surface area contributed by atoms with Gasteiger partial charge in [0.05, 0.1) is 18.9 Å². The van der Waals surface area contributed by atoms with Crippen molar-refractivity contribution in [1.29, 1.82) is 0 Å². The van der Waals surface area contributed by atoms with Crippen LogP contribution < -0.4 is 9.47 Å². The Hall–Kier alpha value is -2.79. The van der Waals surface area contributed by atoms with Crippen LogP contribution >= 0.6 is 0 Å². The number of benzene rings is 2. The smallest absolute Gasteiger partial charge is 0.125 e. The summed E-state index contributed by atoms with van der Waals surface area (Å²) in [6.45, 7) is 11.0. The largest absolute Gasteiger partial charge is 0.493 e. The molecule has 190 valence electrons. The topological polar surface area (TPSA) is 49.3 Å². The first-order chi connectivity index (χ1) is 17.0. The molecule has 1 aliphatic carbocycles. The molecule has 0 N–H and O–H groups in total. The molecule has 35 heavy (non-hydrogen) atoms. The molecule has 2 aromatic rings. The summed E-state index contributed by atoms with van der Waals surface area (Å²) in [5, 5.41) is 3.98. The van der Waals surface area contributed by atoms with Gasteiger partial charge in [-0.05, 0) is 99.6 Å². The lowest BCUT2D eigenvalue weighted by Gasteiger charge is -2.28. The third-order valence-electron chi connectivity index (χ3n) is 6.67. The fraction of sp³-hybridized carbons (Fsp3) is 0.500. The third-order valence-corrected chi connectivity index (χ3v) is 6.67. The highest BCUT2D eigenvalue weighted by Gasteiger charge is 2.22. The maximum absolute atomic E-state index is 6.29. The van der Waals surface area contributed by atoms with E-state index in [0.717, 1.165) is 47.1 Å². The minimum absolute atomic E-state index is 0.596. The van der Waals surface area contributed by atoms with Gasteiger partial charge in [0, 0.05) is 6.61 Å². The summed E-state index contributed by atoms with van der Waals surface area (Å²) in [5.41, 5.74) is 5.39. The summed E-state index contributed by atoms with van der Waals surface area (Å²) in [6, 6.07) is 12.5. The molecule has 1 aliphatic rings. The molecule has 5 nitrogen and oxygen atoms in total. The number of hydrogen-bond acceptors (Lipinski definition) is 5. The van der Waals surface area contributed by atoms with E-state index < -0.39 is 0 Å². The van der Waals surface area contributed by atoms with Crippen molar-refractivity contribution >= 4 is 5.71 Å². The second-order valence-electron chi connectivity index (χ2n) is 9.54. The van der Waals surface area contributed by atoms with Crippen LogP contribution in [0.25, 0.3) is 0 Å². The van der Waals surface area contributed by atoms with Gasteiger partial charge in [0.25, 0.3) is 0 Å². The normalized spacial score (nSPS) is 18.6. The Labute approximate surface area is 211 Å². The van der Waals surface area contributed by atoms with Crippen molar-refractivity contribution in [3.8, 4) is 11.5 Å². The molecule has 1 saturated carbocycles. The molecule has 0 saturated heterocycles. The second kappa shape index (κ2) is 13.9. The van der Waals surface area contributed by atoms with Gasteiger partial charge in [0.15, 0.2) is 0 Å². The predicted molar refractivity (Wildman–Crippen MR) is 142 cm³/mol. The summed E-state index contributed by atoms with van der Waals surface area (Å²) in [4.78, 5) is 4.84. The Morgan fingerprint density at radius 1 is 0.943 bits per heavy atom. The monoisotopic (exact) mass is 479 g/mol. The van der Waals surface area contributed by atoms with E-state index in [1.54, 1.807) is 7.11 Å². The van der Waals surface area contributed by atoms with Crippen molar-refractivity contribution in [3.63, 3.8) is 0 Å². The van der Waals surface area contributed by atoms with Crippen molar-refractivity contribution in [2.45, 2.75) is 60.0 Å². The zero-order valence-corrected chi connectivity index (χ0v) is 22.0. The summed E-state index contributed by atoms with van der Waals surface area (Å²) >= 11 is 0. The van der Waals surface area contributed by atoms with Crippen LogP contribution in [0.1, 0.15) is 61.8 Å². The van der Waals surface area contributed by atoms with Gasteiger partial charge in [0.2, 0.25) is 0 Å². The number of ether oxygens (including phenoxy) is 3. The molecule has 0 bridgehead atoms. The van der Waals surface area contributed by atoms with Crippen molar-refractivity contribution in [2.24, 2.45) is 17.0 Å². The van der Waals surface area contributed by atoms with Gasteiger partial charge in [-0.2, -0.15) is 0 Å². The van der Waals surface area contributed by atoms with Crippen molar-refractivity contribution in [3.05, 3.63) is 70.8 Å². The zero-order valence-electron chi connectivity index (χ0n) is 22.0. The first kappa shape index (κ1) is 26.8. The lowest BCUT2D eigenvalue weighted by atomic mass is 9.83. The Morgan fingerprint density at radius 2 is 1.57 bits per heavy atom. The SMILES string of the molecule is C/C=C/COc1cc(C)c(OCC2CCC(COCc3ccc(/C(C)=N/OC)cc3)CC2)c(C)c1. The number of allylic oxidation sites excluding steroid dienone is 1. The van der Waals surface area contributed by atoms with E-state index in [1.807, 2.05) is 26.0 Å². The van der Waals surface area contributed by atoms with Crippen molar-refractivity contribution in [2.75, 3.05) is 26.9 Å². The molecular weight excluding hydrogens is 438 g/mol. The third kappa shape index (κ3) is 8.43. The highest BCUT2D eigenvalue weighted by atomic mass is 16.6. The minimum Gasteiger partial charge on any atom is -0.493 e. The highest BCUT2D eigenvalue weighted by Crippen LogP contribution is 2.32. The fourth-order valence-corrected chi connectivity index (χ4v) is 4.60. The molecule has 0 heterocycles. The summed E-state index contributed by atoms with van der Waals surface area (Å²) in [6.07, 6.45) is 8.81. The van der Waals surface area contributed by atoms with Gasteiger partial charge < -0.3 is 19.0 Å². The minimum atomic E-state index is 0.596. The number of nitrogens with zero attached hydrogens (tertiary/aromatic N) is 1. The molecule has 5 heteroatoms. The van der Waals surface area contributed by atoms with E-state index in [1.165, 1.54) is 31.2 Å². The van der Waals surface area contributed by atoms with E-state index in [-0.39, 0.29) is 0 Å². The zero-order chi connectivity index (χ0) is 25.0. The van der Waals surface area contributed by atoms with Gasteiger partial charge in [-0.1, -0.05) is 41.6 Å². The van der Waals surface area contributed by atoms with Crippen LogP contribution in [-0.4, -0.2) is 32.6 Å². The second-order valence-corrected chi connectivity index (χ2v) is 9.54. The molecule has 0 radical (unpaired) electrons. The molecule has 2 aromatic carbocycles. The average Bonchev–Trinajstić information content (AvgIpc) is 2.85. The number of oxime groups is 1. The molecule has 0 unspecified atom stereocenters. The predicted octanol–water partition coefficient (Wildman–Crippen LogP) is 7.03. The van der Waals surface area contributed by atoms with Crippen LogP contribution in [0.5, 0.6) is 11.5 Å². The van der Waals surface area contributed by atoms with Crippen LogP contribution in [0.3, 0.4) is 0 Å². The number of hydrogen-bond donors (Lipinski definition) is 0. The summed E-state index contributed by atoms with van der Waals surface area (Å²) < 4.78 is 18.1. The lowest BCUT2D eigenvalue weighted by Crippen LogP contribution is -2.23. The van der Waals surface area contributed by atoms with E-state index in [4.69, 9.17) is 19.0 Å². The van der Waals surface area contributed by atoms with E-state index in [2.05, 4.69) is 55.4 Å². The summed E-state index contributed by atoms with van der Waals surface area (Å²) in [7, 11) is 1.57. The Balaban J connectivity index is 1.37. The fourth-order valence-electron chi connectivity index (χ4n) is 4.60. The Kier molecular flexibility index (Phi) is 10.7. The van der Waals surface area contributed by atoms with Crippen LogP contribution in [-0.2, 0) is 16.2 Å². The molecule has 0 aliphatic heterocycles. The first-order valence-electron chi connectivity index (χ1n) is 12.7. The molecule has 1 fully saturated rings. The maximum atomic E-state index is 6.29. The van der Waals surface area contributed by atoms with Crippen molar-refractivity contribution in [1.82, 2.24) is 0 Å². The van der Waals surface area contributed by atoms with Crippen LogP contribution in [0.2, 0.25) is 0 Å². The highest BCUT2D eigenvalue weighted by molar-refractivity contribution is 5.98. The molecular formula is C30H41NO4. The van der Waals surface area contributed by atoms with Gasteiger partial charge in [-0.25, -0.2) is 0 Å². The summed E-state index contributed by atoms with van der Waals surface area (Å²) in [5.74, 6) is 3.15. The standard InChI is InChI=1S/C30H41NO4/c1-6-7-16-34-29-17-22(2)30(23(3)18-29)35-21-27-10-8-25(9-11-27)19-33-20-26-12-14-28(15-13-26)24(4)31-32-5/h6-7,12-15,17-18,25,27H,8-11,16,19-21H2,1-5H3/b7-6+,31-24+.